The molecule has 24 heavy (non-hydrogen) atoms. The quantitative estimate of drug-likeness (QED) is 0.796. The first-order valence-electron chi connectivity index (χ1n) is 8.11. The van der Waals surface area contributed by atoms with Crippen molar-refractivity contribution in [1.82, 2.24) is 15.6 Å². The summed E-state index contributed by atoms with van der Waals surface area (Å²) in [6.45, 7) is 6.56. The maximum atomic E-state index is 12.6. The Morgan fingerprint density at radius 2 is 1.92 bits per heavy atom. The lowest BCUT2D eigenvalue weighted by Gasteiger charge is -2.34. The molecule has 0 atom stereocenters. The van der Waals surface area contributed by atoms with Gasteiger partial charge >= 0.3 is 0 Å². The number of pyridine rings is 1. The van der Waals surface area contributed by atoms with E-state index in [9.17, 15) is 9.59 Å². The minimum absolute atomic E-state index is 0. The summed E-state index contributed by atoms with van der Waals surface area (Å²) in [5.41, 5.74) is 1.49. The number of carbonyl (C=O) groups is 1. The number of hydrogen-bond donors (Lipinski definition) is 3. The van der Waals surface area contributed by atoms with Gasteiger partial charge in [-0.25, -0.2) is 0 Å². The third-order valence-electron chi connectivity index (χ3n) is 4.89. The fourth-order valence-electron chi connectivity index (χ4n) is 3.27. The van der Waals surface area contributed by atoms with E-state index in [0.29, 0.717) is 6.54 Å². The largest absolute Gasteiger partial charge is 0.351 e. The van der Waals surface area contributed by atoms with Crippen LogP contribution in [0, 0.1) is 12.3 Å². The average molecular weight is 350 g/mol. The van der Waals surface area contributed by atoms with Crippen molar-refractivity contribution in [3.8, 4) is 0 Å². The van der Waals surface area contributed by atoms with Gasteiger partial charge < -0.3 is 15.6 Å². The predicted octanol–water partition coefficient (Wildman–Crippen LogP) is 2.38. The van der Waals surface area contributed by atoms with Crippen LogP contribution in [0.4, 0.5) is 0 Å². The average Bonchev–Trinajstić information content (AvgIpc) is 2.54. The Morgan fingerprint density at radius 3 is 2.62 bits per heavy atom. The second-order valence-corrected chi connectivity index (χ2v) is 6.74. The van der Waals surface area contributed by atoms with Crippen LogP contribution < -0.4 is 16.2 Å². The van der Waals surface area contributed by atoms with Crippen LogP contribution in [0.3, 0.4) is 0 Å². The third-order valence-corrected chi connectivity index (χ3v) is 4.89. The molecule has 1 aliphatic heterocycles. The molecule has 1 amide bonds. The fourth-order valence-corrected chi connectivity index (χ4v) is 3.27. The summed E-state index contributed by atoms with van der Waals surface area (Å²) in [5.74, 6) is -0.283. The number of piperidine rings is 1. The van der Waals surface area contributed by atoms with Crippen LogP contribution in [-0.4, -0.2) is 30.5 Å². The Bertz CT molecular complexity index is 794. The Hall–Kier alpha value is -1.85. The number of halogens is 1. The number of fused-ring (bicyclic) bond motifs is 1. The van der Waals surface area contributed by atoms with Crippen molar-refractivity contribution in [1.29, 1.82) is 0 Å². The molecule has 1 fully saturated rings. The lowest BCUT2D eigenvalue weighted by atomic mass is 9.81. The number of benzene rings is 1. The molecule has 1 saturated heterocycles. The summed E-state index contributed by atoms with van der Waals surface area (Å²) < 4.78 is 0. The summed E-state index contributed by atoms with van der Waals surface area (Å²) in [7, 11) is 0. The molecule has 6 heteroatoms. The maximum absolute atomic E-state index is 12.6. The minimum Gasteiger partial charge on any atom is -0.351 e. The zero-order chi connectivity index (χ0) is 16.4. The Balaban J connectivity index is 0.00000208. The number of aromatic amines is 1. The van der Waals surface area contributed by atoms with E-state index in [4.69, 9.17) is 0 Å². The molecule has 2 aromatic rings. The van der Waals surface area contributed by atoms with E-state index < -0.39 is 0 Å². The Morgan fingerprint density at radius 1 is 1.25 bits per heavy atom. The second kappa shape index (κ2) is 7.36. The number of aryl methyl sites for hydroxylation is 1. The Labute approximate surface area is 147 Å². The van der Waals surface area contributed by atoms with Crippen LogP contribution in [0.5, 0.6) is 0 Å². The molecule has 0 bridgehead atoms. The molecule has 0 saturated carbocycles. The number of rotatable bonds is 3. The van der Waals surface area contributed by atoms with E-state index in [-0.39, 0.29) is 34.9 Å². The number of amides is 1. The monoisotopic (exact) mass is 349 g/mol. The predicted molar refractivity (Wildman–Crippen MR) is 99.1 cm³/mol. The summed E-state index contributed by atoms with van der Waals surface area (Å²) in [6, 6.07) is 7.55. The van der Waals surface area contributed by atoms with Gasteiger partial charge in [0.05, 0.1) is 0 Å². The van der Waals surface area contributed by atoms with Gasteiger partial charge in [0, 0.05) is 17.4 Å². The first-order valence-corrected chi connectivity index (χ1v) is 8.11. The lowest BCUT2D eigenvalue weighted by molar-refractivity contribution is 0.0920. The van der Waals surface area contributed by atoms with Gasteiger partial charge in [-0.3, -0.25) is 9.59 Å². The van der Waals surface area contributed by atoms with Gasteiger partial charge in [0.15, 0.2) is 0 Å². The highest BCUT2D eigenvalue weighted by Crippen LogP contribution is 2.27. The van der Waals surface area contributed by atoms with Crippen molar-refractivity contribution in [2.45, 2.75) is 26.7 Å². The SMILES string of the molecule is Cc1c(C(=O)NCC2(C)CCNCC2)c(=O)[nH]c2ccccc12.Cl. The fraction of sp³-hybridized carbons (Fsp3) is 0.444. The number of aromatic nitrogens is 1. The van der Waals surface area contributed by atoms with Gasteiger partial charge in [-0.15, -0.1) is 12.4 Å². The first kappa shape index (κ1) is 18.5. The summed E-state index contributed by atoms with van der Waals surface area (Å²) in [5, 5.41) is 7.21. The van der Waals surface area contributed by atoms with E-state index in [2.05, 4.69) is 22.5 Å². The molecular weight excluding hydrogens is 326 g/mol. The molecular formula is C18H24ClN3O2. The maximum Gasteiger partial charge on any atom is 0.261 e. The van der Waals surface area contributed by atoms with Crippen molar-refractivity contribution in [2.75, 3.05) is 19.6 Å². The molecule has 5 nitrogen and oxygen atoms in total. The number of nitrogens with one attached hydrogen (secondary N) is 3. The van der Waals surface area contributed by atoms with Gasteiger partial charge in [0.2, 0.25) is 0 Å². The van der Waals surface area contributed by atoms with Crippen molar-refractivity contribution < 1.29 is 4.79 Å². The molecule has 2 heterocycles. The number of H-pyrrole nitrogens is 1. The van der Waals surface area contributed by atoms with Crippen LogP contribution >= 0.6 is 12.4 Å². The molecule has 3 rings (SSSR count). The summed E-state index contributed by atoms with van der Waals surface area (Å²) in [6.07, 6.45) is 2.06. The second-order valence-electron chi connectivity index (χ2n) is 6.74. The highest BCUT2D eigenvalue weighted by molar-refractivity contribution is 5.99. The lowest BCUT2D eigenvalue weighted by Crippen LogP contribution is -2.43. The topological polar surface area (TPSA) is 74.0 Å². The van der Waals surface area contributed by atoms with E-state index in [1.807, 2.05) is 31.2 Å². The van der Waals surface area contributed by atoms with E-state index in [0.717, 1.165) is 42.4 Å². The van der Waals surface area contributed by atoms with E-state index in [1.54, 1.807) is 0 Å². The van der Waals surface area contributed by atoms with Gasteiger partial charge in [-0.2, -0.15) is 0 Å². The van der Waals surface area contributed by atoms with Crippen LogP contribution in [0.2, 0.25) is 0 Å². The van der Waals surface area contributed by atoms with Crippen LogP contribution in [0.25, 0.3) is 10.9 Å². The first-order chi connectivity index (χ1) is 11.0. The number of para-hydroxylation sites is 1. The Kier molecular flexibility index (Phi) is 5.67. The molecule has 1 aliphatic rings. The molecule has 0 unspecified atom stereocenters. The molecule has 3 N–H and O–H groups in total. The van der Waals surface area contributed by atoms with Gasteiger partial charge in [0.25, 0.3) is 11.5 Å². The van der Waals surface area contributed by atoms with Gasteiger partial charge in [0.1, 0.15) is 5.56 Å². The van der Waals surface area contributed by atoms with Crippen LogP contribution in [0.15, 0.2) is 29.1 Å². The van der Waals surface area contributed by atoms with Gasteiger partial charge in [-0.05, 0) is 49.9 Å². The number of carbonyl (C=O) groups excluding carboxylic acids is 1. The van der Waals surface area contributed by atoms with Gasteiger partial charge in [-0.1, -0.05) is 25.1 Å². The summed E-state index contributed by atoms with van der Waals surface area (Å²) >= 11 is 0. The van der Waals surface area contributed by atoms with Crippen LogP contribution in [0.1, 0.15) is 35.7 Å². The van der Waals surface area contributed by atoms with E-state index >= 15 is 0 Å². The third kappa shape index (κ3) is 3.62. The zero-order valence-corrected chi connectivity index (χ0v) is 14.9. The van der Waals surface area contributed by atoms with Crippen molar-refractivity contribution in [3.05, 3.63) is 45.7 Å². The standard InChI is InChI=1S/C18H23N3O2.ClH/c1-12-13-5-3-4-6-14(13)21-17(23)15(12)16(22)20-11-18(2)7-9-19-10-8-18;/h3-6,19H,7-11H2,1-2H3,(H,20,22)(H,21,23);1H. The molecule has 0 spiro atoms. The molecule has 130 valence electrons. The van der Waals surface area contributed by atoms with E-state index in [1.165, 1.54) is 0 Å². The highest BCUT2D eigenvalue weighted by atomic mass is 35.5. The minimum atomic E-state index is -0.325. The van der Waals surface area contributed by atoms with Crippen molar-refractivity contribution in [3.63, 3.8) is 0 Å². The molecule has 1 aromatic heterocycles. The molecule has 0 radical (unpaired) electrons. The number of hydrogen-bond acceptors (Lipinski definition) is 3. The smallest absolute Gasteiger partial charge is 0.261 e. The van der Waals surface area contributed by atoms with Crippen molar-refractivity contribution in [2.24, 2.45) is 5.41 Å². The van der Waals surface area contributed by atoms with Crippen LogP contribution in [-0.2, 0) is 0 Å². The molecule has 1 aromatic carbocycles. The molecule has 0 aliphatic carbocycles. The normalized spacial score (nSPS) is 16.4. The summed E-state index contributed by atoms with van der Waals surface area (Å²) in [4.78, 5) is 27.7. The highest BCUT2D eigenvalue weighted by Gasteiger charge is 2.28. The zero-order valence-electron chi connectivity index (χ0n) is 14.1. The van der Waals surface area contributed by atoms with Crippen molar-refractivity contribution >= 4 is 29.2 Å².